The molecular formula is C22H21F2NO3. The van der Waals surface area contributed by atoms with Crippen LogP contribution in [0.3, 0.4) is 0 Å². The number of rotatable bonds is 5. The van der Waals surface area contributed by atoms with Gasteiger partial charge in [-0.05, 0) is 43.6 Å². The third-order valence-electron chi connectivity index (χ3n) is 5.13. The molecule has 0 spiro atoms. The monoisotopic (exact) mass is 385 g/mol. The van der Waals surface area contributed by atoms with Crippen molar-refractivity contribution in [1.29, 1.82) is 0 Å². The molecule has 3 aromatic rings. The van der Waals surface area contributed by atoms with Gasteiger partial charge >= 0.3 is 0 Å². The van der Waals surface area contributed by atoms with E-state index in [9.17, 15) is 13.6 Å². The van der Waals surface area contributed by atoms with Crippen molar-refractivity contribution in [3.8, 4) is 17.1 Å². The Morgan fingerprint density at radius 1 is 1.11 bits per heavy atom. The fourth-order valence-electron chi connectivity index (χ4n) is 3.69. The Kier molecular flexibility index (Phi) is 5.13. The molecule has 1 aliphatic rings. The van der Waals surface area contributed by atoms with Crippen LogP contribution in [-0.2, 0) is 6.54 Å². The summed E-state index contributed by atoms with van der Waals surface area (Å²) in [7, 11) is 1.53. The number of methoxy groups -OCH3 is 1. The molecule has 146 valence electrons. The van der Waals surface area contributed by atoms with Crippen LogP contribution in [0.15, 0.2) is 51.7 Å². The highest BCUT2D eigenvalue weighted by molar-refractivity contribution is 5.85. The topological polar surface area (TPSA) is 42.7 Å². The highest BCUT2D eigenvalue weighted by atomic mass is 19.3. The van der Waals surface area contributed by atoms with Crippen molar-refractivity contribution in [3.05, 3.63) is 63.8 Å². The van der Waals surface area contributed by atoms with Gasteiger partial charge < -0.3 is 9.15 Å². The lowest BCUT2D eigenvalue weighted by atomic mass is 10.1. The Bertz CT molecular complexity index is 1040. The smallest absolute Gasteiger partial charge is 0.263 e. The predicted octanol–water partition coefficient (Wildman–Crippen LogP) is 5.00. The molecule has 1 aromatic heterocycles. The first-order valence-corrected chi connectivity index (χ1v) is 9.31. The summed E-state index contributed by atoms with van der Waals surface area (Å²) in [5.74, 6) is 0.832. The summed E-state index contributed by atoms with van der Waals surface area (Å²) < 4.78 is 37.0. The Hall–Kier alpha value is -2.73. The number of hydrogen-bond donors (Lipinski definition) is 0. The maximum Gasteiger partial charge on any atom is 0.263 e. The zero-order valence-corrected chi connectivity index (χ0v) is 15.6. The zero-order valence-electron chi connectivity index (χ0n) is 15.6. The predicted molar refractivity (Wildman–Crippen MR) is 104 cm³/mol. The van der Waals surface area contributed by atoms with Gasteiger partial charge in [-0.15, -0.1) is 0 Å². The summed E-state index contributed by atoms with van der Waals surface area (Å²) in [6, 6.07) is 10.9. The molecule has 0 atom stereocenters. The van der Waals surface area contributed by atoms with E-state index in [0.717, 1.165) is 25.2 Å². The van der Waals surface area contributed by atoms with Gasteiger partial charge in [-0.2, -0.15) is 0 Å². The lowest BCUT2D eigenvalue weighted by Gasteiger charge is -2.16. The van der Waals surface area contributed by atoms with Gasteiger partial charge in [0.15, 0.2) is 5.43 Å². The van der Waals surface area contributed by atoms with Crippen molar-refractivity contribution in [3.63, 3.8) is 0 Å². The van der Waals surface area contributed by atoms with E-state index in [4.69, 9.17) is 9.15 Å². The maximum absolute atomic E-state index is 12.8. The van der Waals surface area contributed by atoms with E-state index in [1.165, 1.54) is 50.3 Å². The molecule has 1 saturated heterocycles. The first-order chi connectivity index (χ1) is 13.5. The van der Waals surface area contributed by atoms with Crippen molar-refractivity contribution >= 4 is 11.0 Å². The van der Waals surface area contributed by atoms with Gasteiger partial charge in [0.25, 0.3) is 6.43 Å². The van der Waals surface area contributed by atoms with Gasteiger partial charge in [0.2, 0.25) is 0 Å². The lowest BCUT2D eigenvalue weighted by molar-refractivity contribution is 0.151. The number of benzene rings is 2. The van der Waals surface area contributed by atoms with Crippen molar-refractivity contribution in [2.24, 2.45) is 0 Å². The van der Waals surface area contributed by atoms with Gasteiger partial charge in [-0.25, -0.2) is 8.78 Å². The molecule has 0 aliphatic carbocycles. The summed E-state index contributed by atoms with van der Waals surface area (Å²) in [5.41, 5.74) is 1.74. The normalized spacial score (nSPS) is 14.9. The number of fused-ring (bicyclic) bond motifs is 1. The molecular weight excluding hydrogens is 364 g/mol. The molecule has 4 rings (SSSR count). The molecule has 0 bridgehead atoms. The Labute approximate surface area is 161 Å². The van der Waals surface area contributed by atoms with Crippen molar-refractivity contribution in [1.82, 2.24) is 4.90 Å². The Balaban J connectivity index is 1.77. The summed E-state index contributed by atoms with van der Waals surface area (Å²) in [5, 5.41) is 0.389. The standard InChI is InChI=1S/C22H21F2NO3/c1-27-19-10-14(13-25-8-2-3-9-25)11-20-21(19)17(26)12-18(28-20)15-4-6-16(7-5-15)22(23)24/h4-7,10-12,22H,2-3,8-9,13H2,1H3. The zero-order chi connectivity index (χ0) is 19.7. The molecule has 0 N–H and O–H groups in total. The van der Waals surface area contributed by atoms with Crippen LogP contribution in [0.25, 0.3) is 22.3 Å². The van der Waals surface area contributed by atoms with Gasteiger partial charge in [0.05, 0.1) is 7.11 Å². The second-order valence-corrected chi connectivity index (χ2v) is 7.05. The number of likely N-dealkylation sites (tertiary alicyclic amines) is 1. The highest BCUT2D eigenvalue weighted by Gasteiger charge is 2.17. The van der Waals surface area contributed by atoms with E-state index >= 15 is 0 Å². The van der Waals surface area contributed by atoms with Crippen LogP contribution >= 0.6 is 0 Å². The number of hydrogen-bond acceptors (Lipinski definition) is 4. The third kappa shape index (κ3) is 3.64. The van der Waals surface area contributed by atoms with Gasteiger partial charge in [-0.3, -0.25) is 9.69 Å². The van der Waals surface area contributed by atoms with Crippen molar-refractivity contribution in [2.45, 2.75) is 25.8 Å². The largest absolute Gasteiger partial charge is 0.496 e. The second kappa shape index (κ2) is 7.72. The maximum atomic E-state index is 12.8. The van der Waals surface area contributed by atoms with E-state index in [-0.39, 0.29) is 11.0 Å². The summed E-state index contributed by atoms with van der Waals surface area (Å²) in [4.78, 5) is 15.1. The van der Waals surface area contributed by atoms with Crippen LogP contribution in [0, 0.1) is 0 Å². The summed E-state index contributed by atoms with van der Waals surface area (Å²) in [6.45, 7) is 2.88. The quantitative estimate of drug-likeness (QED) is 0.620. The minimum atomic E-state index is -2.53. The number of nitrogens with zero attached hydrogens (tertiary/aromatic N) is 1. The molecule has 28 heavy (non-hydrogen) atoms. The van der Waals surface area contributed by atoms with Crippen molar-refractivity contribution in [2.75, 3.05) is 20.2 Å². The van der Waals surface area contributed by atoms with Crippen LogP contribution in [0.5, 0.6) is 5.75 Å². The van der Waals surface area contributed by atoms with Gasteiger partial charge in [0, 0.05) is 23.7 Å². The molecule has 2 aromatic carbocycles. The Morgan fingerprint density at radius 2 is 1.82 bits per heavy atom. The van der Waals surface area contributed by atoms with Gasteiger partial charge in [0.1, 0.15) is 22.5 Å². The summed E-state index contributed by atoms with van der Waals surface area (Å²) in [6.07, 6.45) is -0.146. The summed E-state index contributed by atoms with van der Waals surface area (Å²) >= 11 is 0. The minimum Gasteiger partial charge on any atom is -0.496 e. The fourth-order valence-corrected chi connectivity index (χ4v) is 3.69. The SMILES string of the molecule is COc1cc(CN2CCCC2)cc2oc(-c3ccc(C(F)F)cc3)cc(=O)c12. The first kappa shape index (κ1) is 18.6. The molecule has 0 unspecified atom stereocenters. The van der Waals surface area contributed by atoms with E-state index in [0.29, 0.717) is 28.0 Å². The van der Waals surface area contributed by atoms with E-state index in [1.807, 2.05) is 12.1 Å². The van der Waals surface area contributed by atoms with Crippen LogP contribution in [0.1, 0.15) is 30.4 Å². The average Bonchev–Trinajstić information content (AvgIpc) is 3.20. The molecule has 1 aliphatic heterocycles. The van der Waals surface area contributed by atoms with Crippen LogP contribution in [-0.4, -0.2) is 25.1 Å². The minimum absolute atomic E-state index is 0.0681. The van der Waals surface area contributed by atoms with Gasteiger partial charge in [-0.1, -0.05) is 24.3 Å². The molecule has 0 amide bonds. The second-order valence-electron chi connectivity index (χ2n) is 7.05. The molecule has 0 radical (unpaired) electrons. The molecule has 1 fully saturated rings. The van der Waals surface area contributed by atoms with E-state index in [1.54, 1.807) is 0 Å². The molecule has 4 nitrogen and oxygen atoms in total. The molecule has 2 heterocycles. The van der Waals surface area contributed by atoms with Crippen LogP contribution in [0.2, 0.25) is 0 Å². The fraction of sp³-hybridized carbons (Fsp3) is 0.318. The molecule has 0 saturated carbocycles. The van der Waals surface area contributed by atoms with Crippen molar-refractivity contribution < 1.29 is 17.9 Å². The number of ether oxygens (including phenoxy) is 1. The number of alkyl halides is 2. The van der Waals surface area contributed by atoms with Crippen LogP contribution < -0.4 is 10.2 Å². The van der Waals surface area contributed by atoms with E-state index < -0.39 is 6.43 Å². The van der Waals surface area contributed by atoms with Crippen LogP contribution in [0.4, 0.5) is 8.78 Å². The average molecular weight is 385 g/mol. The third-order valence-corrected chi connectivity index (χ3v) is 5.13. The Morgan fingerprint density at radius 3 is 2.46 bits per heavy atom. The first-order valence-electron chi connectivity index (χ1n) is 9.31. The molecule has 6 heteroatoms. The van der Waals surface area contributed by atoms with E-state index in [2.05, 4.69) is 4.90 Å². The lowest BCUT2D eigenvalue weighted by Crippen LogP contribution is -2.18. The highest BCUT2D eigenvalue weighted by Crippen LogP contribution is 2.30. The number of halogens is 2.